The molecule has 0 saturated carbocycles. The third-order valence-corrected chi connectivity index (χ3v) is 3.83. The maximum Gasteiger partial charge on any atom is 0.329 e. The third kappa shape index (κ3) is 5.29. The van der Waals surface area contributed by atoms with Crippen molar-refractivity contribution in [2.24, 2.45) is 5.10 Å². The van der Waals surface area contributed by atoms with Gasteiger partial charge >= 0.3 is 11.8 Å². The van der Waals surface area contributed by atoms with Crippen LogP contribution in [0.4, 0.5) is 0 Å². The van der Waals surface area contributed by atoms with Crippen LogP contribution in [0.3, 0.4) is 0 Å². The van der Waals surface area contributed by atoms with E-state index in [4.69, 9.17) is 16.0 Å². The van der Waals surface area contributed by atoms with Gasteiger partial charge in [-0.15, -0.1) is 0 Å². The number of hydrazone groups is 1. The van der Waals surface area contributed by atoms with Crippen molar-refractivity contribution in [1.29, 1.82) is 0 Å². The second-order valence-electron chi connectivity index (χ2n) is 5.58. The van der Waals surface area contributed by atoms with Crippen molar-refractivity contribution in [2.75, 3.05) is 0 Å². The van der Waals surface area contributed by atoms with Crippen molar-refractivity contribution in [2.45, 2.75) is 6.54 Å². The molecule has 0 spiro atoms. The van der Waals surface area contributed by atoms with E-state index in [1.165, 1.54) is 6.21 Å². The van der Waals surface area contributed by atoms with Crippen LogP contribution < -0.4 is 10.7 Å². The van der Waals surface area contributed by atoms with Gasteiger partial charge < -0.3 is 9.73 Å². The van der Waals surface area contributed by atoms with Crippen LogP contribution in [0.5, 0.6) is 0 Å². The average Bonchev–Trinajstić information content (AvgIpc) is 3.16. The van der Waals surface area contributed by atoms with Crippen LogP contribution in [0.2, 0.25) is 5.02 Å². The van der Waals surface area contributed by atoms with E-state index in [-0.39, 0.29) is 6.54 Å². The smallest absolute Gasteiger partial charge is 0.329 e. The van der Waals surface area contributed by atoms with E-state index in [1.807, 2.05) is 42.5 Å². The molecule has 0 unspecified atom stereocenters. The Morgan fingerprint density at radius 2 is 1.81 bits per heavy atom. The molecule has 0 aliphatic rings. The SMILES string of the molecule is O=C(NCc1ccccc1)C(=O)N/N=C/c1ccc(-c2cccc(Cl)c2)o1. The number of hydrogen-bond donors (Lipinski definition) is 2. The molecule has 0 fully saturated rings. The largest absolute Gasteiger partial charge is 0.455 e. The summed E-state index contributed by atoms with van der Waals surface area (Å²) in [6.45, 7) is 0.262. The van der Waals surface area contributed by atoms with Gasteiger partial charge in [-0.2, -0.15) is 5.10 Å². The first kappa shape index (κ1) is 18.4. The number of rotatable bonds is 5. The zero-order valence-corrected chi connectivity index (χ0v) is 14.9. The second kappa shape index (κ2) is 8.82. The Bertz CT molecular complexity index is 967. The average molecular weight is 382 g/mol. The molecule has 7 heteroatoms. The molecule has 2 aromatic carbocycles. The van der Waals surface area contributed by atoms with Crippen molar-refractivity contribution in [1.82, 2.24) is 10.7 Å². The van der Waals surface area contributed by atoms with Crippen LogP contribution in [-0.2, 0) is 16.1 Å². The molecule has 0 saturated heterocycles. The molecule has 0 aliphatic heterocycles. The fourth-order valence-corrected chi connectivity index (χ4v) is 2.47. The summed E-state index contributed by atoms with van der Waals surface area (Å²) in [5.41, 5.74) is 3.88. The molecule has 0 atom stereocenters. The minimum atomic E-state index is -0.858. The van der Waals surface area contributed by atoms with E-state index in [0.29, 0.717) is 16.5 Å². The molecule has 2 amide bonds. The molecule has 27 heavy (non-hydrogen) atoms. The predicted molar refractivity (Wildman–Crippen MR) is 103 cm³/mol. The van der Waals surface area contributed by atoms with E-state index in [9.17, 15) is 9.59 Å². The first-order valence-electron chi connectivity index (χ1n) is 8.13. The predicted octanol–water partition coefficient (Wildman–Crippen LogP) is 3.37. The lowest BCUT2D eigenvalue weighted by atomic mass is 10.2. The Kier molecular flexibility index (Phi) is 6.02. The van der Waals surface area contributed by atoms with Crippen molar-refractivity contribution in [3.8, 4) is 11.3 Å². The number of nitrogens with one attached hydrogen (secondary N) is 2. The first-order valence-corrected chi connectivity index (χ1v) is 8.50. The molecule has 2 N–H and O–H groups in total. The molecular formula is C20H16ClN3O3. The quantitative estimate of drug-likeness (QED) is 0.404. The van der Waals surface area contributed by atoms with Gasteiger partial charge in [0.05, 0.1) is 6.21 Å². The molecule has 0 radical (unpaired) electrons. The second-order valence-corrected chi connectivity index (χ2v) is 6.02. The minimum absolute atomic E-state index is 0.262. The zero-order valence-electron chi connectivity index (χ0n) is 14.2. The Labute approximate surface area is 160 Å². The van der Waals surface area contributed by atoms with Gasteiger partial charge in [-0.25, -0.2) is 5.43 Å². The number of carbonyl (C=O) groups is 2. The van der Waals surface area contributed by atoms with Crippen molar-refractivity contribution >= 4 is 29.6 Å². The summed E-state index contributed by atoms with van der Waals surface area (Å²) in [6, 6.07) is 20.0. The van der Waals surface area contributed by atoms with Crippen LogP contribution in [-0.4, -0.2) is 18.0 Å². The lowest BCUT2D eigenvalue weighted by molar-refractivity contribution is -0.139. The first-order chi connectivity index (χ1) is 13.1. The van der Waals surface area contributed by atoms with E-state index >= 15 is 0 Å². The van der Waals surface area contributed by atoms with Gasteiger partial charge in [0.15, 0.2) is 0 Å². The highest BCUT2D eigenvalue weighted by Gasteiger charge is 2.12. The van der Waals surface area contributed by atoms with Gasteiger partial charge in [0.25, 0.3) is 0 Å². The minimum Gasteiger partial charge on any atom is -0.455 e. The molecule has 3 aromatic rings. The lowest BCUT2D eigenvalue weighted by Gasteiger charge is -2.03. The Morgan fingerprint density at radius 1 is 1.00 bits per heavy atom. The maximum atomic E-state index is 11.7. The van der Waals surface area contributed by atoms with Gasteiger partial charge in [-0.3, -0.25) is 9.59 Å². The summed E-state index contributed by atoms with van der Waals surface area (Å²) < 4.78 is 5.61. The summed E-state index contributed by atoms with van der Waals surface area (Å²) in [5.74, 6) is -0.584. The van der Waals surface area contributed by atoms with Crippen molar-refractivity contribution in [3.63, 3.8) is 0 Å². The summed E-state index contributed by atoms with van der Waals surface area (Å²) >= 11 is 5.96. The van der Waals surface area contributed by atoms with Crippen LogP contribution in [0, 0.1) is 0 Å². The highest BCUT2D eigenvalue weighted by Crippen LogP contribution is 2.24. The fraction of sp³-hybridized carbons (Fsp3) is 0.0500. The van der Waals surface area contributed by atoms with Gasteiger partial charge in [-0.05, 0) is 29.8 Å². The van der Waals surface area contributed by atoms with E-state index in [1.54, 1.807) is 24.3 Å². The standard InChI is InChI=1S/C20H16ClN3O3/c21-16-8-4-7-15(11-16)18-10-9-17(27-18)13-23-24-20(26)19(25)22-12-14-5-2-1-3-6-14/h1-11,13H,12H2,(H,22,25)(H,24,26)/b23-13+. The topological polar surface area (TPSA) is 83.7 Å². The maximum absolute atomic E-state index is 11.7. The summed E-state index contributed by atoms with van der Waals surface area (Å²) in [6.07, 6.45) is 1.32. The van der Waals surface area contributed by atoms with Gasteiger partial charge in [0.2, 0.25) is 0 Å². The Hall–Kier alpha value is -3.38. The van der Waals surface area contributed by atoms with E-state index < -0.39 is 11.8 Å². The normalized spacial score (nSPS) is 10.7. The van der Waals surface area contributed by atoms with E-state index in [0.717, 1.165) is 11.1 Å². The van der Waals surface area contributed by atoms with Crippen molar-refractivity contribution < 1.29 is 14.0 Å². The molecule has 136 valence electrons. The monoisotopic (exact) mass is 381 g/mol. The van der Waals surface area contributed by atoms with Crippen LogP contribution >= 0.6 is 11.6 Å². The number of furan rings is 1. The number of benzene rings is 2. The van der Waals surface area contributed by atoms with Crippen molar-refractivity contribution in [3.05, 3.63) is 83.1 Å². The molecule has 1 heterocycles. The Morgan fingerprint density at radius 3 is 2.59 bits per heavy atom. The summed E-state index contributed by atoms with van der Waals surface area (Å²) in [7, 11) is 0. The number of hydrogen-bond acceptors (Lipinski definition) is 4. The fourth-order valence-electron chi connectivity index (χ4n) is 2.28. The zero-order chi connectivity index (χ0) is 19.1. The molecule has 1 aromatic heterocycles. The number of halogens is 1. The molecule has 0 bridgehead atoms. The van der Waals surface area contributed by atoms with Crippen LogP contribution in [0.15, 0.2) is 76.2 Å². The van der Waals surface area contributed by atoms with Crippen LogP contribution in [0.25, 0.3) is 11.3 Å². The highest BCUT2D eigenvalue weighted by molar-refractivity contribution is 6.35. The van der Waals surface area contributed by atoms with E-state index in [2.05, 4.69) is 15.8 Å². The third-order valence-electron chi connectivity index (χ3n) is 3.60. The molecular weight excluding hydrogens is 366 g/mol. The summed E-state index contributed by atoms with van der Waals surface area (Å²) in [4.78, 5) is 23.5. The molecule has 3 rings (SSSR count). The Balaban J connectivity index is 1.51. The molecule has 6 nitrogen and oxygen atoms in total. The van der Waals surface area contributed by atoms with Gasteiger partial charge in [0.1, 0.15) is 11.5 Å². The van der Waals surface area contributed by atoms with Crippen LogP contribution in [0.1, 0.15) is 11.3 Å². The van der Waals surface area contributed by atoms with Gasteiger partial charge in [-0.1, -0.05) is 54.1 Å². The summed E-state index contributed by atoms with van der Waals surface area (Å²) in [5, 5.41) is 6.86. The number of nitrogens with zero attached hydrogens (tertiary/aromatic N) is 1. The number of amides is 2. The number of carbonyl (C=O) groups excluding carboxylic acids is 2. The highest BCUT2D eigenvalue weighted by atomic mass is 35.5. The molecule has 0 aliphatic carbocycles. The lowest BCUT2D eigenvalue weighted by Crippen LogP contribution is -2.37. The van der Waals surface area contributed by atoms with Gasteiger partial charge in [0, 0.05) is 17.1 Å².